The predicted octanol–water partition coefficient (Wildman–Crippen LogP) is 0.908. The van der Waals surface area contributed by atoms with Crippen LogP contribution in [0.15, 0.2) is 33.9 Å². The van der Waals surface area contributed by atoms with Gasteiger partial charge in [0.25, 0.3) is 0 Å². The van der Waals surface area contributed by atoms with Gasteiger partial charge in [0.1, 0.15) is 0 Å². The van der Waals surface area contributed by atoms with E-state index in [1.165, 1.54) is 6.26 Å². The largest absolute Gasteiger partial charge is 0.458 e. The Morgan fingerprint density at radius 3 is 2.74 bits per heavy atom. The number of fused-ring (bicyclic) bond motifs is 1. The van der Waals surface area contributed by atoms with Gasteiger partial charge in [0.2, 0.25) is 5.76 Å². The van der Waals surface area contributed by atoms with Crippen LogP contribution in [0.1, 0.15) is 16.1 Å². The first kappa shape index (κ1) is 13.1. The normalized spacial score (nSPS) is 10.9. The predicted molar refractivity (Wildman–Crippen MR) is 73.7 cm³/mol. The number of nitrogens with two attached hydrogens (primary N) is 2. The maximum atomic E-state index is 11.7. The summed E-state index contributed by atoms with van der Waals surface area (Å²) in [5, 5.41) is 1.56. The van der Waals surface area contributed by atoms with Crippen molar-refractivity contribution in [1.29, 1.82) is 0 Å². The van der Waals surface area contributed by atoms with Crippen LogP contribution in [0.4, 0.5) is 0 Å². The van der Waals surface area contributed by atoms with Crippen LogP contribution >= 0.6 is 0 Å². The molecule has 0 atom stereocenters. The average molecular weight is 260 g/mol. The minimum atomic E-state index is -0.574. The number of nitrogens with zero attached hydrogens (tertiary/aromatic N) is 2. The molecule has 0 radical (unpaired) electrons. The summed E-state index contributed by atoms with van der Waals surface area (Å²) >= 11 is 0. The smallest absolute Gasteiger partial charge is 0.316 e. The van der Waals surface area contributed by atoms with Gasteiger partial charge < -0.3 is 20.8 Å². The monoisotopic (exact) mass is 260 g/mol. The fourth-order valence-corrected chi connectivity index (χ4v) is 1.90. The van der Waals surface area contributed by atoms with Gasteiger partial charge >= 0.3 is 5.91 Å². The van der Waals surface area contributed by atoms with Crippen LogP contribution in [0, 0.1) is 0 Å². The molecule has 19 heavy (non-hydrogen) atoms. The number of carbonyl (C=O) groups is 1. The quantitative estimate of drug-likeness (QED) is 0.631. The van der Waals surface area contributed by atoms with Crippen molar-refractivity contribution < 1.29 is 9.21 Å². The molecular formula is C13H16N4O2. The van der Waals surface area contributed by atoms with E-state index in [4.69, 9.17) is 15.9 Å². The van der Waals surface area contributed by atoms with Crippen molar-refractivity contribution in [2.24, 2.45) is 16.5 Å². The number of benzene rings is 1. The van der Waals surface area contributed by atoms with Gasteiger partial charge in [-0.15, -0.1) is 0 Å². The van der Waals surface area contributed by atoms with Crippen molar-refractivity contribution in [3.05, 3.63) is 35.8 Å². The van der Waals surface area contributed by atoms with Gasteiger partial charge in [-0.2, -0.15) is 4.99 Å². The van der Waals surface area contributed by atoms with Crippen LogP contribution in [-0.2, 0) is 6.54 Å². The lowest BCUT2D eigenvalue weighted by atomic mass is 10.1. The number of amides is 1. The average Bonchev–Trinajstić information content (AvgIpc) is 2.70. The summed E-state index contributed by atoms with van der Waals surface area (Å²) in [5.41, 5.74) is 11.5. The van der Waals surface area contributed by atoms with Crippen LogP contribution < -0.4 is 11.5 Å². The summed E-state index contributed by atoms with van der Waals surface area (Å²) < 4.78 is 5.26. The molecule has 6 heteroatoms. The van der Waals surface area contributed by atoms with Crippen molar-refractivity contribution in [3.63, 3.8) is 0 Å². The van der Waals surface area contributed by atoms with Crippen LogP contribution in [0.5, 0.6) is 0 Å². The molecule has 4 N–H and O–H groups in total. The molecule has 2 aromatic rings. The second-order valence-corrected chi connectivity index (χ2v) is 4.57. The van der Waals surface area contributed by atoms with E-state index in [2.05, 4.69) is 9.89 Å². The highest BCUT2D eigenvalue weighted by atomic mass is 16.3. The van der Waals surface area contributed by atoms with Crippen LogP contribution in [0.25, 0.3) is 10.8 Å². The molecule has 1 aromatic carbocycles. The number of aliphatic imine (C=N–C) groups is 1. The van der Waals surface area contributed by atoms with E-state index in [0.29, 0.717) is 5.39 Å². The molecule has 0 saturated carbocycles. The van der Waals surface area contributed by atoms with Gasteiger partial charge in [-0.3, -0.25) is 4.79 Å². The Bertz CT molecular complexity index is 639. The molecular weight excluding hydrogens is 244 g/mol. The van der Waals surface area contributed by atoms with Crippen molar-refractivity contribution in [1.82, 2.24) is 4.90 Å². The minimum Gasteiger partial charge on any atom is -0.458 e. The number of furan rings is 1. The molecule has 0 fully saturated rings. The van der Waals surface area contributed by atoms with E-state index < -0.39 is 5.91 Å². The lowest BCUT2D eigenvalue weighted by Gasteiger charge is -2.09. The Labute approximate surface area is 110 Å². The Hall–Kier alpha value is -2.34. The molecule has 0 spiro atoms. The third-order valence-electron chi connectivity index (χ3n) is 2.59. The first-order valence-corrected chi connectivity index (χ1v) is 5.76. The fourth-order valence-electron chi connectivity index (χ4n) is 1.90. The standard InChI is InChI=1S/C13H16N4O2/c1-17(2)6-8-3-4-10-9(5-8)7-19-11(10)12(18)16-13(14)15/h3-5,7H,6H2,1-2H3,(H4,14,15,16,18). The summed E-state index contributed by atoms with van der Waals surface area (Å²) in [5.74, 6) is -0.700. The van der Waals surface area contributed by atoms with Gasteiger partial charge in [-0.05, 0) is 31.8 Å². The van der Waals surface area contributed by atoms with Gasteiger partial charge in [-0.25, -0.2) is 0 Å². The lowest BCUT2D eigenvalue weighted by Crippen LogP contribution is -2.24. The molecule has 0 saturated heterocycles. The summed E-state index contributed by atoms with van der Waals surface area (Å²) in [6, 6.07) is 5.77. The minimum absolute atomic E-state index is 0.153. The third kappa shape index (κ3) is 2.92. The van der Waals surface area contributed by atoms with Crippen molar-refractivity contribution in [3.8, 4) is 0 Å². The second-order valence-electron chi connectivity index (χ2n) is 4.57. The molecule has 100 valence electrons. The highest BCUT2D eigenvalue weighted by Gasteiger charge is 2.14. The number of rotatable bonds is 3. The molecule has 1 amide bonds. The lowest BCUT2D eigenvalue weighted by molar-refractivity contribution is 0.0978. The summed E-state index contributed by atoms with van der Waals surface area (Å²) in [6.07, 6.45) is 1.53. The molecule has 0 aliphatic carbocycles. The fraction of sp³-hybridized carbons (Fsp3) is 0.231. The zero-order valence-corrected chi connectivity index (χ0v) is 10.9. The number of hydrogen-bond acceptors (Lipinski definition) is 3. The Kier molecular flexibility index (Phi) is 3.52. The Morgan fingerprint density at radius 2 is 2.11 bits per heavy atom. The van der Waals surface area contributed by atoms with Crippen molar-refractivity contribution in [2.75, 3.05) is 14.1 Å². The van der Waals surface area contributed by atoms with Crippen LogP contribution in [0.2, 0.25) is 0 Å². The molecule has 6 nitrogen and oxygen atoms in total. The summed E-state index contributed by atoms with van der Waals surface area (Å²) in [6.45, 7) is 0.818. The van der Waals surface area contributed by atoms with Crippen molar-refractivity contribution in [2.45, 2.75) is 6.54 Å². The van der Waals surface area contributed by atoms with Gasteiger partial charge in [0.05, 0.1) is 6.26 Å². The number of guanidine groups is 1. The van der Waals surface area contributed by atoms with Gasteiger partial charge in [0.15, 0.2) is 5.96 Å². The van der Waals surface area contributed by atoms with Crippen LogP contribution in [0.3, 0.4) is 0 Å². The van der Waals surface area contributed by atoms with E-state index in [0.717, 1.165) is 17.5 Å². The summed E-state index contributed by atoms with van der Waals surface area (Å²) in [4.78, 5) is 17.3. The number of carbonyl (C=O) groups excluding carboxylic acids is 1. The van der Waals surface area contributed by atoms with E-state index >= 15 is 0 Å². The van der Waals surface area contributed by atoms with E-state index in [1.54, 1.807) is 0 Å². The van der Waals surface area contributed by atoms with Gasteiger partial charge in [-0.1, -0.05) is 6.07 Å². The van der Waals surface area contributed by atoms with Crippen molar-refractivity contribution >= 4 is 22.6 Å². The number of hydrogen-bond donors (Lipinski definition) is 2. The zero-order valence-electron chi connectivity index (χ0n) is 10.9. The molecule has 0 aliphatic rings. The maximum absolute atomic E-state index is 11.7. The Balaban J connectivity index is 2.39. The zero-order chi connectivity index (χ0) is 14.0. The maximum Gasteiger partial charge on any atom is 0.316 e. The summed E-state index contributed by atoms with van der Waals surface area (Å²) in [7, 11) is 3.99. The van der Waals surface area contributed by atoms with E-state index in [1.807, 2.05) is 32.3 Å². The molecule has 0 unspecified atom stereocenters. The SMILES string of the molecule is CN(C)Cc1ccc2c(C(=O)N=C(N)N)occ2c1. The Morgan fingerprint density at radius 1 is 1.37 bits per heavy atom. The first-order chi connectivity index (χ1) is 8.97. The van der Waals surface area contributed by atoms with Gasteiger partial charge in [0, 0.05) is 17.3 Å². The molecule has 2 rings (SSSR count). The highest BCUT2D eigenvalue weighted by Crippen LogP contribution is 2.23. The molecule has 1 aromatic heterocycles. The molecule has 1 heterocycles. The second kappa shape index (κ2) is 5.11. The first-order valence-electron chi connectivity index (χ1n) is 5.76. The molecule has 0 aliphatic heterocycles. The third-order valence-corrected chi connectivity index (χ3v) is 2.59. The van der Waals surface area contributed by atoms with E-state index in [9.17, 15) is 4.79 Å². The topological polar surface area (TPSA) is 97.8 Å². The molecule has 0 bridgehead atoms. The van der Waals surface area contributed by atoms with E-state index in [-0.39, 0.29) is 11.7 Å². The highest BCUT2D eigenvalue weighted by molar-refractivity contribution is 6.08. The van der Waals surface area contributed by atoms with Crippen LogP contribution in [-0.4, -0.2) is 30.9 Å².